The van der Waals surface area contributed by atoms with Gasteiger partial charge in [-0.1, -0.05) is 42.1 Å². The van der Waals surface area contributed by atoms with Crippen molar-refractivity contribution in [1.82, 2.24) is 4.90 Å². The largest absolute Gasteiger partial charge is 0.330 e. The zero-order chi connectivity index (χ0) is 19.2. The summed E-state index contributed by atoms with van der Waals surface area (Å²) in [7, 11) is 0. The number of anilines is 1. The van der Waals surface area contributed by atoms with E-state index in [-0.39, 0.29) is 12.5 Å². The summed E-state index contributed by atoms with van der Waals surface area (Å²) in [6, 6.07) is 16.7. The quantitative estimate of drug-likeness (QED) is 0.708. The predicted molar refractivity (Wildman–Crippen MR) is 105 cm³/mol. The molecule has 144 valence electrons. The van der Waals surface area contributed by atoms with Gasteiger partial charge in [0.2, 0.25) is 5.91 Å². The molecular formula is C20H23F2N3OS. The zero-order valence-corrected chi connectivity index (χ0v) is 15.7. The molecule has 0 aliphatic carbocycles. The second kappa shape index (κ2) is 9.30. The molecule has 1 fully saturated rings. The Balaban J connectivity index is 1.55. The third kappa shape index (κ3) is 5.51. The number of carbonyl (C=O) groups is 1. The Bertz CT molecular complexity index is 743. The number of nitrogens with zero attached hydrogens (tertiary/aromatic N) is 1. The van der Waals surface area contributed by atoms with Crippen molar-refractivity contribution in [1.29, 1.82) is 0 Å². The number of carbonyl (C=O) groups excluding carboxylic acids is 1. The number of hydrogen-bond donors (Lipinski definition) is 2. The molecule has 2 aromatic rings. The lowest BCUT2D eigenvalue weighted by molar-refractivity contribution is -0.117. The molecule has 0 radical (unpaired) electrons. The molecule has 0 aromatic heterocycles. The molecule has 1 aliphatic rings. The molecule has 1 heterocycles. The average molecular weight is 391 g/mol. The summed E-state index contributed by atoms with van der Waals surface area (Å²) in [6.07, 6.45) is 0. The third-order valence-electron chi connectivity index (χ3n) is 4.78. The molecule has 2 aromatic carbocycles. The minimum Gasteiger partial charge on any atom is -0.330 e. The van der Waals surface area contributed by atoms with Crippen LogP contribution in [0.15, 0.2) is 59.5 Å². The molecule has 0 spiro atoms. The number of thioether (sulfide) groups is 1. The number of halogens is 2. The summed E-state index contributed by atoms with van der Waals surface area (Å²) in [4.78, 5) is 14.9. The summed E-state index contributed by atoms with van der Waals surface area (Å²) in [5.41, 5.74) is 7.80. The first-order valence-corrected chi connectivity index (χ1v) is 9.75. The summed E-state index contributed by atoms with van der Waals surface area (Å²) in [5, 5.41) is 2.83. The van der Waals surface area contributed by atoms with Crippen LogP contribution in [0.3, 0.4) is 0 Å². The van der Waals surface area contributed by atoms with E-state index in [1.54, 1.807) is 24.3 Å². The van der Waals surface area contributed by atoms with Gasteiger partial charge in [-0.2, -0.15) is 8.78 Å². The summed E-state index contributed by atoms with van der Waals surface area (Å²) >= 11 is 0.487. The summed E-state index contributed by atoms with van der Waals surface area (Å²) in [6.45, 7) is 2.45. The number of alkyl halides is 2. The highest BCUT2D eigenvalue weighted by Crippen LogP contribution is 2.32. The van der Waals surface area contributed by atoms with Crippen LogP contribution >= 0.6 is 11.8 Å². The Morgan fingerprint density at radius 1 is 1.15 bits per heavy atom. The zero-order valence-electron chi connectivity index (χ0n) is 14.9. The lowest BCUT2D eigenvalue weighted by atomic mass is 9.89. The lowest BCUT2D eigenvalue weighted by Gasteiger charge is -2.16. The Labute approximate surface area is 162 Å². The Morgan fingerprint density at radius 3 is 2.48 bits per heavy atom. The molecule has 0 bridgehead atoms. The van der Waals surface area contributed by atoms with Crippen molar-refractivity contribution >= 4 is 23.4 Å². The number of nitrogens with one attached hydrogen (secondary N) is 1. The maximum atomic E-state index is 12.4. The molecule has 2 atom stereocenters. The van der Waals surface area contributed by atoms with Crippen molar-refractivity contribution in [2.24, 2.45) is 11.7 Å². The number of amides is 1. The second-order valence-electron chi connectivity index (χ2n) is 6.66. The van der Waals surface area contributed by atoms with Crippen LogP contribution in [0.4, 0.5) is 14.5 Å². The van der Waals surface area contributed by atoms with E-state index < -0.39 is 5.76 Å². The molecule has 27 heavy (non-hydrogen) atoms. The van der Waals surface area contributed by atoms with Crippen LogP contribution in [-0.2, 0) is 4.79 Å². The molecular weight excluding hydrogens is 368 g/mol. The number of rotatable bonds is 7. The predicted octanol–water partition coefficient (Wildman–Crippen LogP) is 3.61. The van der Waals surface area contributed by atoms with E-state index in [0.717, 1.165) is 13.1 Å². The minimum absolute atomic E-state index is 0.117. The number of hydrogen-bond acceptors (Lipinski definition) is 4. The SMILES string of the molecule is NC[C@@H]1CN(CC(=O)Nc2ccc(SC(F)F)cc2)C[C@H]1c1ccccc1. The van der Waals surface area contributed by atoms with E-state index in [2.05, 4.69) is 22.3 Å². The smallest absolute Gasteiger partial charge is 0.288 e. The van der Waals surface area contributed by atoms with Gasteiger partial charge in [-0.05, 0) is 42.3 Å². The van der Waals surface area contributed by atoms with Gasteiger partial charge in [0.1, 0.15) is 0 Å². The van der Waals surface area contributed by atoms with E-state index >= 15 is 0 Å². The van der Waals surface area contributed by atoms with Crippen LogP contribution in [0.1, 0.15) is 11.5 Å². The van der Waals surface area contributed by atoms with Gasteiger partial charge < -0.3 is 11.1 Å². The van der Waals surface area contributed by atoms with Crippen LogP contribution in [0.5, 0.6) is 0 Å². The first-order chi connectivity index (χ1) is 13.0. The first-order valence-electron chi connectivity index (χ1n) is 8.87. The van der Waals surface area contributed by atoms with E-state index in [9.17, 15) is 13.6 Å². The normalized spacial score (nSPS) is 20.1. The van der Waals surface area contributed by atoms with Gasteiger partial charge in [-0.25, -0.2) is 0 Å². The molecule has 7 heteroatoms. The second-order valence-corrected chi connectivity index (χ2v) is 7.72. The fourth-order valence-electron chi connectivity index (χ4n) is 3.53. The number of benzene rings is 2. The minimum atomic E-state index is -2.45. The van der Waals surface area contributed by atoms with Crippen LogP contribution in [0.2, 0.25) is 0 Å². The van der Waals surface area contributed by atoms with E-state index in [0.29, 0.717) is 40.7 Å². The van der Waals surface area contributed by atoms with Gasteiger partial charge in [0.05, 0.1) is 6.54 Å². The van der Waals surface area contributed by atoms with Gasteiger partial charge in [0.25, 0.3) is 5.76 Å². The molecule has 0 unspecified atom stereocenters. The van der Waals surface area contributed by atoms with Crippen molar-refractivity contribution in [3.63, 3.8) is 0 Å². The van der Waals surface area contributed by atoms with Crippen LogP contribution in [0, 0.1) is 5.92 Å². The van der Waals surface area contributed by atoms with Crippen LogP contribution in [0.25, 0.3) is 0 Å². The van der Waals surface area contributed by atoms with E-state index in [4.69, 9.17) is 5.73 Å². The fourth-order valence-corrected chi connectivity index (χ4v) is 4.03. The molecule has 3 rings (SSSR count). The Kier molecular flexibility index (Phi) is 6.82. The maximum absolute atomic E-state index is 12.4. The third-order valence-corrected chi connectivity index (χ3v) is 5.50. The average Bonchev–Trinajstić information content (AvgIpc) is 3.06. The lowest BCUT2D eigenvalue weighted by Crippen LogP contribution is -2.32. The van der Waals surface area contributed by atoms with Crippen molar-refractivity contribution in [2.45, 2.75) is 16.6 Å². The number of nitrogens with two attached hydrogens (primary N) is 1. The van der Waals surface area contributed by atoms with Crippen molar-refractivity contribution < 1.29 is 13.6 Å². The highest BCUT2D eigenvalue weighted by atomic mass is 32.2. The summed E-state index contributed by atoms with van der Waals surface area (Å²) in [5.74, 6) is -1.91. The van der Waals surface area contributed by atoms with Gasteiger partial charge in [-0.15, -0.1) is 0 Å². The standard InChI is InChI=1S/C20H23F2N3OS/c21-20(22)27-17-8-6-16(7-9-17)24-19(26)13-25-11-15(10-23)18(12-25)14-4-2-1-3-5-14/h1-9,15,18,20H,10-13,23H2,(H,24,26)/t15-,18+/m1/s1. The molecule has 1 saturated heterocycles. The molecule has 4 nitrogen and oxygen atoms in total. The van der Waals surface area contributed by atoms with Crippen molar-refractivity contribution in [2.75, 3.05) is 31.5 Å². The Morgan fingerprint density at radius 2 is 1.85 bits per heavy atom. The fraction of sp³-hybridized carbons (Fsp3) is 0.350. The first kappa shape index (κ1) is 19.8. The highest BCUT2D eigenvalue weighted by molar-refractivity contribution is 7.99. The molecule has 1 aliphatic heterocycles. The highest BCUT2D eigenvalue weighted by Gasteiger charge is 2.33. The molecule has 0 saturated carbocycles. The van der Waals surface area contributed by atoms with E-state index in [1.807, 2.05) is 18.2 Å². The number of likely N-dealkylation sites (tertiary alicyclic amines) is 1. The maximum Gasteiger partial charge on any atom is 0.288 e. The molecule has 1 amide bonds. The van der Waals surface area contributed by atoms with Gasteiger partial charge in [0, 0.05) is 29.6 Å². The van der Waals surface area contributed by atoms with Crippen molar-refractivity contribution in [3.8, 4) is 0 Å². The molecule has 3 N–H and O–H groups in total. The van der Waals surface area contributed by atoms with E-state index in [1.165, 1.54) is 5.56 Å². The van der Waals surface area contributed by atoms with Gasteiger partial charge in [-0.3, -0.25) is 9.69 Å². The van der Waals surface area contributed by atoms with Crippen LogP contribution < -0.4 is 11.1 Å². The summed E-state index contributed by atoms with van der Waals surface area (Å²) < 4.78 is 24.7. The van der Waals surface area contributed by atoms with Gasteiger partial charge >= 0.3 is 0 Å². The van der Waals surface area contributed by atoms with Crippen molar-refractivity contribution in [3.05, 3.63) is 60.2 Å². The Hall–Kier alpha value is -1.96. The topological polar surface area (TPSA) is 58.4 Å². The van der Waals surface area contributed by atoms with Crippen LogP contribution in [-0.4, -0.2) is 42.7 Å². The monoisotopic (exact) mass is 391 g/mol. The van der Waals surface area contributed by atoms with Gasteiger partial charge in [0.15, 0.2) is 0 Å².